The van der Waals surface area contributed by atoms with Crippen molar-refractivity contribution in [1.82, 2.24) is 19.7 Å². The zero-order valence-corrected chi connectivity index (χ0v) is 23.3. The van der Waals surface area contributed by atoms with Crippen LogP contribution in [0.5, 0.6) is 0 Å². The molecule has 1 atom stereocenters. The first-order valence-electron chi connectivity index (χ1n) is 13.8. The zero-order chi connectivity index (χ0) is 27.0. The van der Waals surface area contributed by atoms with Crippen LogP contribution in [0.15, 0.2) is 42.9 Å². The van der Waals surface area contributed by atoms with Gasteiger partial charge in [-0.15, -0.1) is 0 Å². The summed E-state index contributed by atoms with van der Waals surface area (Å²) in [7, 11) is 0. The van der Waals surface area contributed by atoms with Gasteiger partial charge < -0.3 is 0 Å². The van der Waals surface area contributed by atoms with E-state index in [-0.39, 0.29) is 23.5 Å². The van der Waals surface area contributed by atoms with Gasteiger partial charge in [0.25, 0.3) is 0 Å². The van der Waals surface area contributed by atoms with Crippen molar-refractivity contribution >= 4 is 17.1 Å². The Bertz CT molecular complexity index is 1390. The molecule has 0 aromatic carbocycles. The minimum Gasteiger partial charge on any atom is -0.299 e. The second-order valence-electron chi connectivity index (χ2n) is 12.3. The van der Waals surface area contributed by atoms with Gasteiger partial charge in [-0.2, -0.15) is 5.10 Å². The summed E-state index contributed by atoms with van der Waals surface area (Å²) in [4.78, 5) is 35.2. The number of hydrogen-bond acceptors (Lipinski definition) is 5. The van der Waals surface area contributed by atoms with Crippen LogP contribution in [0.2, 0.25) is 0 Å². The molecular weight excluding hydrogens is 472 g/mol. The van der Waals surface area contributed by atoms with E-state index in [1.54, 1.807) is 10.9 Å². The fourth-order valence-electron chi connectivity index (χ4n) is 5.45. The molecule has 0 radical (unpaired) electrons. The molecule has 0 N–H and O–H groups in total. The van der Waals surface area contributed by atoms with Crippen LogP contribution < -0.4 is 0 Å². The number of allylic oxidation sites excluding steroid dienone is 2. The number of hydrogen-bond donors (Lipinski definition) is 0. The lowest BCUT2D eigenvalue weighted by molar-refractivity contribution is -0.124. The number of carbonyl (C=O) groups excluding carboxylic acids is 2. The first-order chi connectivity index (χ1) is 18.1. The topological polar surface area (TPSA) is 77.7 Å². The van der Waals surface area contributed by atoms with Gasteiger partial charge in [-0.3, -0.25) is 14.6 Å². The average molecular weight is 511 g/mol. The highest BCUT2D eigenvalue weighted by molar-refractivity contribution is 5.98. The highest BCUT2D eigenvalue weighted by Crippen LogP contribution is 2.39. The van der Waals surface area contributed by atoms with Crippen molar-refractivity contribution in [2.24, 2.45) is 11.3 Å². The van der Waals surface area contributed by atoms with Gasteiger partial charge in [0.05, 0.1) is 23.1 Å². The summed E-state index contributed by atoms with van der Waals surface area (Å²) in [6, 6.07) is 6.16. The van der Waals surface area contributed by atoms with Crippen LogP contribution in [0, 0.1) is 25.2 Å². The molecule has 0 saturated heterocycles. The van der Waals surface area contributed by atoms with Gasteiger partial charge in [0, 0.05) is 31.2 Å². The molecule has 2 aliphatic rings. The van der Waals surface area contributed by atoms with E-state index in [0.717, 1.165) is 47.6 Å². The first-order valence-corrected chi connectivity index (χ1v) is 13.8. The van der Waals surface area contributed by atoms with Crippen LogP contribution in [0.25, 0.3) is 11.4 Å². The Morgan fingerprint density at radius 1 is 1.03 bits per heavy atom. The Balaban J connectivity index is 1.24. The summed E-state index contributed by atoms with van der Waals surface area (Å²) in [5.74, 6) is 1.90. The third-order valence-corrected chi connectivity index (χ3v) is 7.72. The van der Waals surface area contributed by atoms with Crippen molar-refractivity contribution in [3.05, 3.63) is 76.5 Å². The van der Waals surface area contributed by atoms with E-state index >= 15 is 0 Å². The number of Topliss-reactive ketones (excluding diaryl/α,β-unsaturated/α-hetero) is 2. The minimum absolute atomic E-state index is 0.0226. The number of ketones is 2. The maximum atomic E-state index is 13.2. The Labute approximate surface area is 225 Å². The number of aromatic nitrogens is 4. The largest absolute Gasteiger partial charge is 0.299 e. The fourth-order valence-corrected chi connectivity index (χ4v) is 5.45. The van der Waals surface area contributed by atoms with E-state index in [4.69, 9.17) is 4.98 Å². The molecule has 1 saturated carbocycles. The van der Waals surface area contributed by atoms with Gasteiger partial charge in [0.1, 0.15) is 5.78 Å². The van der Waals surface area contributed by atoms with Crippen LogP contribution in [0.3, 0.4) is 0 Å². The first kappa shape index (κ1) is 26.2. The summed E-state index contributed by atoms with van der Waals surface area (Å²) >= 11 is 0. The summed E-state index contributed by atoms with van der Waals surface area (Å²) in [5.41, 5.74) is 6.86. The van der Waals surface area contributed by atoms with Gasteiger partial charge in [0.15, 0.2) is 11.6 Å². The molecule has 3 aromatic rings. The highest BCUT2D eigenvalue weighted by atomic mass is 16.1. The molecule has 2 aliphatic carbocycles. The monoisotopic (exact) mass is 510 g/mol. The number of rotatable bonds is 8. The number of carbonyl (C=O) groups is 2. The van der Waals surface area contributed by atoms with Gasteiger partial charge in [-0.25, -0.2) is 9.67 Å². The Morgan fingerprint density at radius 3 is 2.42 bits per heavy atom. The Kier molecular flexibility index (Phi) is 7.17. The van der Waals surface area contributed by atoms with Crippen LogP contribution in [0.4, 0.5) is 0 Å². The van der Waals surface area contributed by atoms with Gasteiger partial charge in [-0.1, -0.05) is 39.0 Å². The third kappa shape index (κ3) is 5.85. The summed E-state index contributed by atoms with van der Waals surface area (Å²) < 4.78 is 1.74. The Morgan fingerprint density at radius 2 is 1.82 bits per heavy atom. The van der Waals surface area contributed by atoms with E-state index in [2.05, 4.69) is 49.1 Å². The van der Waals surface area contributed by atoms with Gasteiger partial charge in [0.2, 0.25) is 0 Å². The maximum Gasteiger partial charge on any atom is 0.170 e. The number of aryl methyl sites for hydroxylation is 1. The predicted molar refractivity (Wildman–Crippen MR) is 149 cm³/mol. The molecule has 1 fully saturated rings. The van der Waals surface area contributed by atoms with Crippen LogP contribution >= 0.6 is 0 Å². The molecular formula is C32H38N4O2. The van der Waals surface area contributed by atoms with Crippen molar-refractivity contribution in [1.29, 1.82) is 0 Å². The summed E-state index contributed by atoms with van der Waals surface area (Å²) in [6.07, 6.45) is 13.5. The molecule has 198 valence electrons. The van der Waals surface area contributed by atoms with E-state index in [9.17, 15) is 9.59 Å². The average Bonchev–Trinajstić information content (AvgIpc) is 3.65. The quantitative estimate of drug-likeness (QED) is 0.313. The lowest BCUT2D eigenvalue weighted by atomic mass is 9.79. The molecule has 0 amide bonds. The van der Waals surface area contributed by atoms with Crippen molar-refractivity contribution in [2.45, 2.75) is 85.5 Å². The van der Waals surface area contributed by atoms with Gasteiger partial charge >= 0.3 is 0 Å². The van der Waals surface area contributed by atoms with E-state index in [1.807, 2.05) is 32.3 Å². The van der Waals surface area contributed by atoms with E-state index in [1.165, 1.54) is 24.0 Å². The molecule has 6 heteroatoms. The smallest absolute Gasteiger partial charge is 0.170 e. The second kappa shape index (κ2) is 10.4. The molecule has 5 rings (SSSR count). The highest BCUT2D eigenvalue weighted by Gasteiger charge is 2.27. The standard InChI is InChI=1S/C32H38N4O2/c1-20-14-22(17-34-31(20)25-10-8-24(9-11-25)29(38)16-32(3,4)5)15-28(37)27-19-35-36(21(27)2)30-13-12-26(18-33-30)23-6-7-23/h10,12-14,17-19,23-24H,6-9,11,15-16H2,1-5H3. The lowest BCUT2D eigenvalue weighted by Gasteiger charge is -2.25. The van der Waals surface area contributed by atoms with Crippen LogP contribution in [0.1, 0.15) is 104 Å². The zero-order valence-electron chi connectivity index (χ0n) is 23.3. The molecule has 3 heterocycles. The van der Waals surface area contributed by atoms with Crippen molar-refractivity contribution in [3.8, 4) is 5.82 Å². The maximum absolute atomic E-state index is 13.2. The predicted octanol–water partition coefficient (Wildman–Crippen LogP) is 6.77. The van der Waals surface area contributed by atoms with Gasteiger partial charge in [-0.05, 0) is 85.6 Å². The second-order valence-corrected chi connectivity index (χ2v) is 12.3. The summed E-state index contributed by atoms with van der Waals surface area (Å²) in [6.45, 7) is 10.3. The van der Waals surface area contributed by atoms with Crippen LogP contribution in [-0.4, -0.2) is 31.3 Å². The van der Waals surface area contributed by atoms with Crippen LogP contribution in [-0.2, 0) is 11.2 Å². The summed E-state index contributed by atoms with van der Waals surface area (Å²) in [5, 5.41) is 4.46. The molecule has 6 nitrogen and oxygen atoms in total. The van der Waals surface area contributed by atoms with E-state index < -0.39 is 0 Å². The molecule has 38 heavy (non-hydrogen) atoms. The van der Waals surface area contributed by atoms with Crippen molar-refractivity contribution in [3.63, 3.8) is 0 Å². The molecule has 3 aromatic heterocycles. The molecule has 0 aliphatic heterocycles. The number of nitrogens with zero attached hydrogens (tertiary/aromatic N) is 4. The molecule has 0 spiro atoms. The lowest BCUT2D eigenvalue weighted by Crippen LogP contribution is -2.22. The van der Waals surface area contributed by atoms with Crippen molar-refractivity contribution < 1.29 is 9.59 Å². The van der Waals surface area contributed by atoms with E-state index in [0.29, 0.717) is 23.7 Å². The SMILES string of the molecule is Cc1cc(CC(=O)c2cnn(-c3ccc(C4CC4)cn3)c2C)cnc1C1=CCC(C(=O)CC(C)(C)C)CC1. The molecule has 1 unspecified atom stereocenters. The van der Waals surface area contributed by atoms with Crippen molar-refractivity contribution in [2.75, 3.05) is 0 Å². The molecule has 0 bridgehead atoms. The normalized spacial score (nSPS) is 17.8. The fraction of sp³-hybridized carbons (Fsp3) is 0.469. The third-order valence-electron chi connectivity index (χ3n) is 7.72. The minimum atomic E-state index is 0.0226. The Hall–Kier alpha value is -3.41. The number of pyridine rings is 2.